The lowest BCUT2D eigenvalue weighted by atomic mass is 10.1. The number of rotatable bonds is 4. The van der Waals surface area contributed by atoms with Crippen LogP contribution in [0.15, 0.2) is 18.2 Å². The molecule has 0 aromatic heterocycles. The monoisotopic (exact) mass is 379 g/mol. The molecule has 1 amide bonds. The number of carboxylic acids is 1. The van der Waals surface area contributed by atoms with Crippen LogP contribution in [0.5, 0.6) is 0 Å². The van der Waals surface area contributed by atoms with Crippen LogP contribution in [0, 0.1) is 3.57 Å². The predicted octanol–water partition coefficient (Wildman–Crippen LogP) is 2.78. The molecule has 0 bridgehead atoms. The molecule has 0 spiro atoms. The molecular formula is C12H14INO3S. The van der Waals surface area contributed by atoms with Crippen molar-refractivity contribution in [2.75, 3.05) is 0 Å². The van der Waals surface area contributed by atoms with Crippen LogP contribution in [-0.4, -0.2) is 21.9 Å². The molecule has 1 rings (SSSR count). The molecule has 0 heterocycles. The van der Waals surface area contributed by atoms with E-state index in [1.165, 1.54) is 6.07 Å². The summed E-state index contributed by atoms with van der Waals surface area (Å²) < 4.78 is 0.602. The molecule has 0 fully saturated rings. The van der Waals surface area contributed by atoms with Gasteiger partial charge in [-0.25, -0.2) is 4.79 Å². The average molecular weight is 379 g/mol. The average Bonchev–Trinajstić information content (AvgIpc) is 2.27. The quantitative estimate of drug-likeness (QED) is 0.428. The highest BCUT2D eigenvalue weighted by Crippen LogP contribution is 2.20. The topological polar surface area (TPSA) is 66.4 Å². The maximum atomic E-state index is 12.1. The molecule has 0 saturated carbocycles. The van der Waals surface area contributed by atoms with E-state index in [0.29, 0.717) is 9.99 Å². The minimum atomic E-state index is -1.11. The van der Waals surface area contributed by atoms with Crippen molar-refractivity contribution >= 4 is 47.1 Å². The molecule has 1 aromatic carbocycles. The van der Waals surface area contributed by atoms with Crippen LogP contribution < -0.4 is 5.32 Å². The van der Waals surface area contributed by atoms with Gasteiger partial charge in [-0.1, -0.05) is 13.0 Å². The first-order chi connectivity index (χ1) is 8.28. The Bertz CT molecular complexity index is 488. The molecule has 0 aliphatic rings. The highest BCUT2D eigenvalue weighted by molar-refractivity contribution is 14.1. The first-order valence-corrected chi connectivity index (χ1v) is 6.88. The molecule has 0 saturated heterocycles. The lowest BCUT2D eigenvalue weighted by Crippen LogP contribution is -2.41. The molecule has 1 unspecified atom stereocenters. The molecule has 6 heteroatoms. The zero-order valence-corrected chi connectivity index (χ0v) is 13.1. The second-order valence-electron chi connectivity index (χ2n) is 4.05. The van der Waals surface area contributed by atoms with E-state index in [-0.39, 0.29) is 11.1 Å². The number of thiol groups is 1. The molecular weight excluding hydrogens is 365 g/mol. The zero-order valence-electron chi connectivity index (χ0n) is 10.0. The van der Waals surface area contributed by atoms with Gasteiger partial charge in [-0.3, -0.25) is 4.79 Å². The second-order valence-corrected chi connectivity index (χ2v) is 6.20. The first kappa shape index (κ1) is 15.3. The molecule has 1 aromatic rings. The van der Waals surface area contributed by atoms with Gasteiger partial charge in [0, 0.05) is 3.57 Å². The summed E-state index contributed by atoms with van der Waals surface area (Å²) in [6, 6.07) is 4.73. The molecule has 4 nitrogen and oxygen atoms in total. The van der Waals surface area contributed by atoms with Gasteiger partial charge >= 0.3 is 5.97 Å². The Morgan fingerprint density at radius 2 is 2.11 bits per heavy atom. The van der Waals surface area contributed by atoms with Crippen LogP contribution >= 0.6 is 35.2 Å². The van der Waals surface area contributed by atoms with Crippen molar-refractivity contribution < 1.29 is 14.7 Å². The maximum Gasteiger partial charge on any atom is 0.336 e. The number of aromatic carboxylic acids is 1. The summed E-state index contributed by atoms with van der Waals surface area (Å²) in [5, 5.41) is 11.8. The van der Waals surface area contributed by atoms with E-state index in [0.717, 1.165) is 0 Å². The van der Waals surface area contributed by atoms with Crippen molar-refractivity contribution in [1.29, 1.82) is 0 Å². The number of benzene rings is 1. The lowest BCUT2D eigenvalue weighted by molar-refractivity contribution is 0.0690. The number of carboxylic acid groups (broad SMARTS) is 1. The van der Waals surface area contributed by atoms with Crippen molar-refractivity contribution in [2.45, 2.75) is 25.1 Å². The molecule has 0 aliphatic heterocycles. The third-order valence-corrected chi connectivity index (χ3v) is 3.87. The van der Waals surface area contributed by atoms with E-state index >= 15 is 0 Å². The molecule has 0 radical (unpaired) electrons. The Balaban J connectivity index is 3.17. The summed E-state index contributed by atoms with van der Waals surface area (Å²) in [6.45, 7) is 3.66. The van der Waals surface area contributed by atoms with E-state index in [1.54, 1.807) is 19.1 Å². The highest BCUT2D eigenvalue weighted by atomic mass is 127. The summed E-state index contributed by atoms with van der Waals surface area (Å²) in [6.07, 6.45) is 0.633. The van der Waals surface area contributed by atoms with Gasteiger partial charge in [0.2, 0.25) is 0 Å². The largest absolute Gasteiger partial charge is 0.478 e. The summed E-state index contributed by atoms with van der Waals surface area (Å²) in [7, 11) is 0. The number of nitrogens with one attached hydrogen (secondary N) is 1. The van der Waals surface area contributed by atoms with Crippen LogP contribution in [0.4, 0.5) is 0 Å². The summed E-state index contributed by atoms with van der Waals surface area (Å²) >= 11 is 6.26. The lowest BCUT2D eigenvalue weighted by Gasteiger charge is -2.24. The van der Waals surface area contributed by atoms with Gasteiger partial charge < -0.3 is 10.4 Å². The third kappa shape index (κ3) is 3.61. The Labute approximate surface area is 125 Å². The SMILES string of the molecule is CCC(C)(S)NC(=O)c1c(I)cccc1C(=O)O. The van der Waals surface area contributed by atoms with Crippen molar-refractivity contribution in [3.8, 4) is 0 Å². The van der Waals surface area contributed by atoms with E-state index < -0.39 is 16.7 Å². The fraction of sp³-hybridized carbons (Fsp3) is 0.333. The molecule has 2 N–H and O–H groups in total. The van der Waals surface area contributed by atoms with Gasteiger partial charge in [0.1, 0.15) is 0 Å². The van der Waals surface area contributed by atoms with Crippen molar-refractivity contribution in [2.24, 2.45) is 0 Å². The van der Waals surface area contributed by atoms with Gasteiger partial charge in [0.15, 0.2) is 0 Å². The fourth-order valence-electron chi connectivity index (χ4n) is 1.33. The number of amides is 1. The van der Waals surface area contributed by atoms with E-state index in [9.17, 15) is 9.59 Å². The van der Waals surface area contributed by atoms with E-state index in [4.69, 9.17) is 5.11 Å². The minimum Gasteiger partial charge on any atom is -0.478 e. The van der Waals surface area contributed by atoms with Crippen LogP contribution in [0.25, 0.3) is 0 Å². The second kappa shape index (κ2) is 5.92. The minimum absolute atomic E-state index is 0.000337. The van der Waals surface area contributed by atoms with Crippen molar-refractivity contribution in [3.05, 3.63) is 32.9 Å². The van der Waals surface area contributed by atoms with Crippen LogP contribution in [0.1, 0.15) is 41.0 Å². The molecule has 18 heavy (non-hydrogen) atoms. The molecule has 98 valence electrons. The van der Waals surface area contributed by atoms with E-state index in [2.05, 4.69) is 17.9 Å². The number of carbonyl (C=O) groups excluding carboxylic acids is 1. The van der Waals surface area contributed by atoms with Crippen molar-refractivity contribution in [3.63, 3.8) is 0 Å². The maximum absolute atomic E-state index is 12.1. The Morgan fingerprint density at radius 1 is 1.50 bits per heavy atom. The highest BCUT2D eigenvalue weighted by Gasteiger charge is 2.25. The Morgan fingerprint density at radius 3 is 2.61 bits per heavy atom. The summed E-state index contributed by atoms with van der Waals surface area (Å²) in [5.41, 5.74) is 0.180. The van der Waals surface area contributed by atoms with Crippen molar-refractivity contribution in [1.82, 2.24) is 5.32 Å². The van der Waals surface area contributed by atoms with E-state index in [1.807, 2.05) is 29.5 Å². The standard InChI is InChI=1S/C12H14INO3S/c1-3-12(2,18)14-10(15)9-7(11(16)17)5-4-6-8(9)13/h4-6,18H,3H2,1-2H3,(H,14,15)(H,16,17). The Kier molecular flexibility index (Phi) is 5.03. The van der Waals surface area contributed by atoms with Gasteiger partial charge in [-0.2, -0.15) is 12.6 Å². The zero-order chi connectivity index (χ0) is 13.9. The summed E-state index contributed by atoms with van der Waals surface area (Å²) in [4.78, 5) is 22.6. The van der Waals surface area contributed by atoms with Crippen LogP contribution in [0.2, 0.25) is 0 Å². The molecule has 1 atom stereocenters. The fourth-order valence-corrected chi connectivity index (χ4v) is 2.17. The first-order valence-electron chi connectivity index (χ1n) is 5.35. The normalized spacial score (nSPS) is 13.8. The third-order valence-electron chi connectivity index (χ3n) is 2.54. The van der Waals surface area contributed by atoms with Gasteiger partial charge in [0.05, 0.1) is 16.0 Å². The molecule has 0 aliphatic carbocycles. The Hall–Kier alpha value is -0.760. The van der Waals surface area contributed by atoms with Crippen LogP contribution in [-0.2, 0) is 0 Å². The predicted molar refractivity (Wildman–Crippen MR) is 81.3 cm³/mol. The summed E-state index contributed by atoms with van der Waals surface area (Å²) in [5.74, 6) is -1.53. The number of halogens is 1. The van der Waals surface area contributed by atoms with Gasteiger partial charge in [-0.05, 0) is 48.1 Å². The number of hydrogen-bond acceptors (Lipinski definition) is 3. The van der Waals surface area contributed by atoms with Crippen LogP contribution in [0.3, 0.4) is 0 Å². The van der Waals surface area contributed by atoms with Gasteiger partial charge in [-0.15, -0.1) is 0 Å². The van der Waals surface area contributed by atoms with Gasteiger partial charge in [0.25, 0.3) is 5.91 Å². The smallest absolute Gasteiger partial charge is 0.336 e. The number of hydrogen-bond donors (Lipinski definition) is 3. The number of carbonyl (C=O) groups is 2.